The predicted molar refractivity (Wildman–Crippen MR) is 86.5 cm³/mol. The SMILES string of the molecule is Cc1nnc2ccc(C(=O)NC(CO)c3ccc(Cl)cc3)cn12. The number of hydrogen-bond donors (Lipinski definition) is 2. The number of aromatic nitrogens is 3. The second-order valence-electron chi connectivity index (χ2n) is 5.15. The number of aliphatic hydroxyl groups is 1. The van der Waals surface area contributed by atoms with E-state index in [2.05, 4.69) is 15.5 Å². The molecule has 118 valence electrons. The first-order valence-electron chi connectivity index (χ1n) is 7.07. The number of nitrogens with one attached hydrogen (secondary N) is 1. The second kappa shape index (κ2) is 6.36. The van der Waals surface area contributed by atoms with Gasteiger partial charge in [-0.25, -0.2) is 0 Å². The lowest BCUT2D eigenvalue weighted by molar-refractivity contribution is 0.0915. The number of pyridine rings is 1. The van der Waals surface area contributed by atoms with E-state index in [0.717, 1.165) is 5.56 Å². The number of carbonyl (C=O) groups is 1. The first kappa shape index (κ1) is 15.5. The topological polar surface area (TPSA) is 79.5 Å². The number of aliphatic hydroxyl groups excluding tert-OH is 1. The van der Waals surface area contributed by atoms with E-state index in [1.54, 1.807) is 47.0 Å². The molecule has 1 amide bonds. The van der Waals surface area contributed by atoms with Crippen molar-refractivity contribution < 1.29 is 9.90 Å². The van der Waals surface area contributed by atoms with Crippen LogP contribution in [0.15, 0.2) is 42.6 Å². The molecule has 0 saturated heterocycles. The third-order valence-electron chi connectivity index (χ3n) is 3.60. The van der Waals surface area contributed by atoms with Gasteiger partial charge in [-0.15, -0.1) is 10.2 Å². The molecule has 6 nitrogen and oxygen atoms in total. The Labute approximate surface area is 137 Å². The maximum Gasteiger partial charge on any atom is 0.253 e. The van der Waals surface area contributed by atoms with Crippen LogP contribution in [0.4, 0.5) is 0 Å². The summed E-state index contributed by atoms with van der Waals surface area (Å²) in [5.41, 5.74) is 1.93. The molecule has 7 heteroatoms. The summed E-state index contributed by atoms with van der Waals surface area (Å²) < 4.78 is 1.74. The molecular formula is C16H15ClN4O2. The quantitative estimate of drug-likeness (QED) is 0.768. The fraction of sp³-hybridized carbons (Fsp3) is 0.188. The normalized spacial score (nSPS) is 12.3. The highest BCUT2D eigenvalue weighted by molar-refractivity contribution is 6.30. The molecule has 0 fully saturated rings. The molecule has 23 heavy (non-hydrogen) atoms. The highest BCUT2D eigenvalue weighted by atomic mass is 35.5. The maximum absolute atomic E-state index is 12.4. The van der Waals surface area contributed by atoms with Crippen LogP contribution in [0.5, 0.6) is 0 Å². The predicted octanol–water partition coefficient (Wildman–Crippen LogP) is 2.15. The van der Waals surface area contributed by atoms with Crippen molar-refractivity contribution in [3.63, 3.8) is 0 Å². The van der Waals surface area contributed by atoms with Gasteiger partial charge in [-0.2, -0.15) is 0 Å². The molecule has 0 radical (unpaired) electrons. The average molecular weight is 331 g/mol. The van der Waals surface area contributed by atoms with E-state index in [1.807, 2.05) is 6.92 Å². The van der Waals surface area contributed by atoms with Crippen LogP contribution in [0.1, 0.15) is 27.8 Å². The second-order valence-corrected chi connectivity index (χ2v) is 5.59. The van der Waals surface area contributed by atoms with E-state index in [0.29, 0.717) is 22.1 Å². The Hall–Kier alpha value is -2.44. The molecule has 0 aliphatic heterocycles. The molecule has 1 unspecified atom stereocenters. The molecule has 1 atom stereocenters. The van der Waals surface area contributed by atoms with Crippen LogP contribution in [0.2, 0.25) is 5.02 Å². The summed E-state index contributed by atoms with van der Waals surface area (Å²) in [6.07, 6.45) is 1.68. The molecule has 1 aromatic carbocycles. The molecule has 0 spiro atoms. The number of carbonyl (C=O) groups excluding carboxylic acids is 1. The minimum absolute atomic E-state index is 0.207. The fourth-order valence-corrected chi connectivity index (χ4v) is 2.44. The summed E-state index contributed by atoms with van der Waals surface area (Å²) in [5.74, 6) is 0.417. The molecule has 3 aromatic rings. The monoisotopic (exact) mass is 330 g/mol. The van der Waals surface area contributed by atoms with Crippen LogP contribution < -0.4 is 5.32 Å². The Balaban J connectivity index is 1.83. The molecule has 0 bridgehead atoms. The molecule has 2 N–H and O–H groups in total. The standard InChI is InChI=1S/C16H15ClN4O2/c1-10-19-20-15-7-4-12(8-21(10)15)16(23)18-14(9-22)11-2-5-13(17)6-3-11/h2-8,14,22H,9H2,1H3,(H,18,23). The van der Waals surface area contributed by atoms with Crippen LogP contribution in [-0.2, 0) is 0 Å². The lowest BCUT2D eigenvalue weighted by Gasteiger charge is -2.17. The number of rotatable bonds is 4. The van der Waals surface area contributed by atoms with E-state index < -0.39 is 6.04 Å². The Morgan fingerprint density at radius 3 is 2.70 bits per heavy atom. The van der Waals surface area contributed by atoms with Gasteiger partial charge in [-0.3, -0.25) is 9.20 Å². The van der Waals surface area contributed by atoms with Gasteiger partial charge in [0.05, 0.1) is 18.2 Å². The fourth-order valence-electron chi connectivity index (χ4n) is 2.31. The summed E-state index contributed by atoms with van der Waals surface area (Å²) in [6.45, 7) is 1.60. The Kier molecular flexibility index (Phi) is 4.27. The van der Waals surface area contributed by atoms with Gasteiger partial charge in [0.25, 0.3) is 5.91 Å². The van der Waals surface area contributed by atoms with E-state index in [1.165, 1.54) is 0 Å². The summed E-state index contributed by atoms with van der Waals surface area (Å²) in [7, 11) is 0. The number of amides is 1. The molecule has 0 saturated carbocycles. The van der Waals surface area contributed by atoms with E-state index in [4.69, 9.17) is 11.6 Å². The van der Waals surface area contributed by atoms with Gasteiger partial charge < -0.3 is 10.4 Å². The van der Waals surface area contributed by atoms with E-state index >= 15 is 0 Å². The zero-order valence-corrected chi connectivity index (χ0v) is 13.2. The van der Waals surface area contributed by atoms with Crippen molar-refractivity contribution in [1.82, 2.24) is 19.9 Å². The van der Waals surface area contributed by atoms with Crippen molar-refractivity contribution in [3.8, 4) is 0 Å². The van der Waals surface area contributed by atoms with E-state index in [9.17, 15) is 9.90 Å². The number of hydrogen-bond acceptors (Lipinski definition) is 4. The van der Waals surface area contributed by atoms with Gasteiger partial charge in [0.1, 0.15) is 5.82 Å². The van der Waals surface area contributed by atoms with Gasteiger partial charge in [0.15, 0.2) is 5.65 Å². The summed E-state index contributed by atoms with van der Waals surface area (Å²) in [4.78, 5) is 12.4. The number of fused-ring (bicyclic) bond motifs is 1. The number of aryl methyl sites for hydroxylation is 1. The largest absolute Gasteiger partial charge is 0.394 e. The number of halogens is 1. The lowest BCUT2D eigenvalue weighted by Crippen LogP contribution is -2.30. The van der Waals surface area contributed by atoms with Crippen molar-refractivity contribution in [2.45, 2.75) is 13.0 Å². The first-order chi connectivity index (χ1) is 11.1. The van der Waals surface area contributed by atoms with Gasteiger partial charge in [-0.1, -0.05) is 23.7 Å². The van der Waals surface area contributed by atoms with Crippen LogP contribution in [0.3, 0.4) is 0 Å². The minimum atomic E-state index is -0.502. The van der Waals surface area contributed by atoms with Crippen LogP contribution in [-0.4, -0.2) is 32.2 Å². The summed E-state index contributed by atoms with van der Waals surface area (Å²) in [5, 5.41) is 20.9. The molecule has 3 rings (SSSR count). The number of nitrogens with zero attached hydrogens (tertiary/aromatic N) is 3. The maximum atomic E-state index is 12.4. The van der Waals surface area contributed by atoms with Crippen molar-refractivity contribution in [2.24, 2.45) is 0 Å². The van der Waals surface area contributed by atoms with Gasteiger partial charge in [-0.05, 0) is 36.8 Å². The molecule has 0 aliphatic carbocycles. The highest BCUT2D eigenvalue weighted by Gasteiger charge is 2.16. The summed E-state index contributed by atoms with van der Waals surface area (Å²) in [6, 6.07) is 9.89. The Morgan fingerprint density at radius 1 is 1.26 bits per heavy atom. The lowest BCUT2D eigenvalue weighted by atomic mass is 10.1. The van der Waals surface area contributed by atoms with Crippen molar-refractivity contribution in [1.29, 1.82) is 0 Å². The molecule has 0 aliphatic rings. The third kappa shape index (κ3) is 3.18. The highest BCUT2D eigenvalue weighted by Crippen LogP contribution is 2.17. The van der Waals surface area contributed by atoms with Crippen LogP contribution in [0, 0.1) is 6.92 Å². The Morgan fingerprint density at radius 2 is 2.00 bits per heavy atom. The van der Waals surface area contributed by atoms with Gasteiger partial charge >= 0.3 is 0 Å². The van der Waals surface area contributed by atoms with E-state index in [-0.39, 0.29) is 12.5 Å². The number of benzene rings is 1. The van der Waals surface area contributed by atoms with Crippen molar-refractivity contribution >= 4 is 23.2 Å². The molecule has 2 heterocycles. The van der Waals surface area contributed by atoms with Crippen LogP contribution >= 0.6 is 11.6 Å². The van der Waals surface area contributed by atoms with Crippen LogP contribution in [0.25, 0.3) is 5.65 Å². The zero-order chi connectivity index (χ0) is 16.4. The third-order valence-corrected chi connectivity index (χ3v) is 3.85. The average Bonchev–Trinajstić information content (AvgIpc) is 2.94. The minimum Gasteiger partial charge on any atom is -0.394 e. The zero-order valence-electron chi connectivity index (χ0n) is 12.4. The van der Waals surface area contributed by atoms with Crippen molar-refractivity contribution in [3.05, 3.63) is 64.6 Å². The van der Waals surface area contributed by atoms with Gasteiger partial charge in [0, 0.05) is 11.2 Å². The molecule has 2 aromatic heterocycles. The first-order valence-corrected chi connectivity index (χ1v) is 7.45. The molecular weight excluding hydrogens is 316 g/mol. The summed E-state index contributed by atoms with van der Waals surface area (Å²) >= 11 is 5.86. The van der Waals surface area contributed by atoms with Gasteiger partial charge in [0.2, 0.25) is 0 Å². The van der Waals surface area contributed by atoms with Crippen molar-refractivity contribution in [2.75, 3.05) is 6.61 Å². The Bertz CT molecular complexity index is 845. The smallest absolute Gasteiger partial charge is 0.253 e.